The second kappa shape index (κ2) is 10.9. The Labute approximate surface area is 176 Å². The third kappa shape index (κ3) is 6.52. The zero-order valence-electron chi connectivity index (χ0n) is 16.3. The summed E-state index contributed by atoms with van der Waals surface area (Å²) in [5.74, 6) is -0.728. The van der Waals surface area contributed by atoms with Crippen molar-refractivity contribution in [2.24, 2.45) is 5.10 Å². The maximum absolute atomic E-state index is 11.9. The van der Waals surface area contributed by atoms with Gasteiger partial charge in [0.1, 0.15) is 12.4 Å². The fraction of sp³-hybridized carbons (Fsp3) is 0.158. The summed E-state index contributed by atoms with van der Waals surface area (Å²) in [7, 11) is 1.16. The number of ether oxygens (including phenoxy) is 3. The van der Waals surface area contributed by atoms with Crippen molar-refractivity contribution in [2.75, 3.05) is 20.3 Å². The molecular weight excluding hydrogens is 412 g/mol. The van der Waals surface area contributed by atoms with Gasteiger partial charge in [-0.3, -0.25) is 25.0 Å². The predicted octanol–water partition coefficient (Wildman–Crippen LogP) is 2.61. The molecule has 0 aromatic heterocycles. The minimum atomic E-state index is -0.872. The first-order valence-corrected chi connectivity index (χ1v) is 8.65. The fourth-order valence-corrected chi connectivity index (χ4v) is 2.27. The highest BCUT2D eigenvalue weighted by Crippen LogP contribution is 2.40. The molecule has 12 nitrogen and oxygen atoms in total. The van der Waals surface area contributed by atoms with E-state index in [2.05, 4.69) is 17.1 Å². The Morgan fingerprint density at radius 1 is 1.16 bits per heavy atom. The summed E-state index contributed by atoms with van der Waals surface area (Å²) >= 11 is 0. The average molecular weight is 430 g/mol. The van der Waals surface area contributed by atoms with Gasteiger partial charge in [-0.05, 0) is 29.8 Å². The van der Waals surface area contributed by atoms with E-state index in [9.17, 15) is 25.0 Å². The third-order valence-electron chi connectivity index (χ3n) is 3.65. The normalized spacial score (nSPS) is 10.4. The first-order valence-electron chi connectivity index (χ1n) is 8.65. The van der Waals surface area contributed by atoms with Crippen LogP contribution in [0.1, 0.15) is 5.56 Å². The van der Waals surface area contributed by atoms with E-state index < -0.39 is 39.5 Å². The van der Waals surface area contributed by atoms with Gasteiger partial charge < -0.3 is 14.2 Å². The van der Waals surface area contributed by atoms with Crippen molar-refractivity contribution in [3.63, 3.8) is 0 Å². The van der Waals surface area contributed by atoms with E-state index in [0.717, 1.165) is 19.2 Å². The molecule has 0 aliphatic carbocycles. The zero-order chi connectivity index (χ0) is 22.8. The van der Waals surface area contributed by atoms with Crippen LogP contribution in [0.25, 0.3) is 0 Å². The van der Waals surface area contributed by atoms with Crippen LogP contribution < -0.4 is 19.6 Å². The minimum absolute atomic E-state index is 0.254. The lowest BCUT2D eigenvalue weighted by Gasteiger charge is -2.10. The van der Waals surface area contributed by atoms with Crippen molar-refractivity contribution in [1.82, 2.24) is 5.43 Å². The van der Waals surface area contributed by atoms with Gasteiger partial charge in [-0.15, -0.1) is 0 Å². The SMILES string of the molecule is C=CCOc1ccc(/C=N\NC(=O)COc2c(OC)cc([N+](=O)[O-])cc2[N+](=O)[O-])cc1. The van der Waals surface area contributed by atoms with Crippen LogP contribution in [0.4, 0.5) is 11.4 Å². The molecule has 0 saturated heterocycles. The highest BCUT2D eigenvalue weighted by Gasteiger charge is 2.27. The number of nitro groups is 2. The highest BCUT2D eigenvalue weighted by atomic mass is 16.6. The lowest BCUT2D eigenvalue weighted by atomic mass is 10.2. The van der Waals surface area contributed by atoms with Crippen LogP contribution in [0.3, 0.4) is 0 Å². The number of non-ortho nitro benzene ring substituents is 1. The summed E-state index contributed by atoms with van der Waals surface area (Å²) in [5, 5.41) is 25.9. The van der Waals surface area contributed by atoms with Gasteiger partial charge in [-0.1, -0.05) is 12.7 Å². The maximum atomic E-state index is 11.9. The second-order valence-electron chi connectivity index (χ2n) is 5.76. The van der Waals surface area contributed by atoms with Crippen molar-refractivity contribution in [2.45, 2.75) is 0 Å². The molecule has 0 atom stereocenters. The molecule has 0 heterocycles. The first kappa shape index (κ1) is 22.8. The molecule has 2 aromatic carbocycles. The van der Waals surface area contributed by atoms with E-state index in [-0.39, 0.29) is 5.75 Å². The summed E-state index contributed by atoms with van der Waals surface area (Å²) in [5.41, 5.74) is 1.63. The molecule has 0 fully saturated rings. The molecule has 0 saturated carbocycles. The molecule has 0 spiro atoms. The average Bonchev–Trinajstić information content (AvgIpc) is 2.76. The van der Waals surface area contributed by atoms with Crippen molar-refractivity contribution in [3.05, 3.63) is 74.8 Å². The number of nitrogens with one attached hydrogen (secondary N) is 1. The van der Waals surface area contributed by atoms with Crippen LogP contribution in [0.5, 0.6) is 17.2 Å². The van der Waals surface area contributed by atoms with E-state index in [0.29, 0.717) is 17.9 Å². The Morgan fingerprint density at radius 3 is 2.45 bits per heavy atom. The molecule has 1 N–H and O–H groups in total. The largest absolute Gasteiger partial charge is 0.492 e. The summed E-state index contributed by atoms with van der Waals surface area (Å²) in [6.07, 6.45) is 3.00. The molecule has 0 aliphatic heterocycles. The quantitative estimate of drug-likeness (QED) is 0.247. The number of nitrogens with zero attached hydrogens (tertiary/aromatic N) is 3. The Hall–Kier alpha value is -4.48. The van der Waals surface area contributed by atoms with E-state index in [1.165, 1.54) is 6.21 Å². The van der Waals surface area contributed by atoms with E-state index in [1.54, 1.807) is 30.3 Å². The Morgan fingerprint density at radius 2 is 1.87 bits per heavy atom. The maximum Gasteiger partial charge on any atom is 0.321 e. The Balaban J connectivity index is 2.00. The molecular formula is C19H18N4O8. The predicted molar refractivity (Wildman–Crippen MR) is 110 cm³/mol. The van der Waals surface area contributed by atoms with Gasteiger partial charge in [0.25, 0.3) is 11.6 Å². The number of rotatable bonds is 11. The van der Waals surface area contributed by atoms with Gasteiger partial charge in [0.2, 0.25) is 5.75 Å². The van der Waals surface area contributed by atoms with Crippen molar-refractivity contribution >= 4 is 23.5 Å². The summed E-state index contributed by atoms with van der Waals surface area (Å²) in [4.78, 5) is 32.4. The number of carbonyl (C=O) groups excluding carboxylic acids is 1. The van der Waals surface area contributed by atoms with Crippen molar-refractivity contribution in [3.8, 4) is 17.2 Å². The molecule has 0 aliphatic rings. The number of nitro benzene ring substituents is 2. The fourth-order valence-electron chi connectivity index (χ4n) is 2.27. The van der Waals surface area contributed by atoms with Crippen LogP contribution in [0, 0.1) is 20.2 Å². The first-order chi connectivity index (χ1) is 14.8. The van der Waals surface area contributed by atoms with Crippen molar-refractivity contribution in [1.29, 1.82) is 0 Å². The van der Waals surface area contributed by atoms with Gasteiger partial charge in [0.15, 0.2) is 12.4 Å². The van der Waals surface area contributed by atoms with Crippen LogP contribution in [-0.2, 0) is 4.79 Å². The van der Waals surface area contributed by atoms with E-state index in [1.807, 2.05) is 0 Å². The zero-order valence-corrected chi connectivity index (χ0v) is 16.3. The molecule has 0 bridgehead atoms. The lowest BCUT2D eigenvalue weighted by molar-refractivity contribution is -0.394. The molecule has 2 aromatic rings. The number of amides is 1. The minimum Gasteiger partial charge on any atom is -0.492 e. The van der Waals surface area contributed by atoms with E-state index >= 15 is 0 Å². The monoisotopic (exact) mass is 430 g/mol. The molecule has 162 valence electrons. The summed E-state index contributed by atoms with van der Waals surface area (Å²) < 4.78 is 15.4. The number of benzene rings is 2. The van der Waals surface area contributed by atoms with Crippen LogP contribution in [0.15, 0.2) is 54.2 Å². The topological polar surface area (TPSA) is 155 Å². The second-order valence-corrected chi connectivity index (χ2v) is 5.76. The van der Waals surface area contributed by atoms with Gasteiger partial charge >= 0.3 is 5.69 Å². The molecule has 1 amide bonds. The third-order valence-corrected chi connectivity index (χ3v) is 3.65. The smallest absolute Gasteiger partial charge is 0.321 e. The molecule has 12 heteroatoms. The van der Waals surface area contributed by atoms with Crippen LogP contribution in [-0.4, -0.2) is 42.3 Å². The van der Waals surface area contributed by atoms with Gasteiger partial charge in [-0.25, -0.2) is 5.43 Å². The lowest BCUT2D eigenvalue weighted by Crippen LogP contribution is -2.25. The number of hydrogen-bond acceptors (Lipinski definition) is 9. The van der Waals surface area contributed by atoms with E-state index in [4.69, 9.17) is 14.2 Å². The molecule has 2 rings (SSSR count). The highest BCUT2D eigenvalue weighted by molar-refractivity contribution is 5.83. The van der Waals surface area contributed by atoms with Crippen LogP contribution in [0.2, 0.25) is 0 Å². The number of carbonyl (C=O) groups is 1. The van der Waals surface area contributed by atoms with Gasteiger partial charge in [0, 0.05) is 0 Å². The molecule has 0 radical (unpaired) electrons. The van der Waals surface area contributed by atoms with Crippen LogP contribution >= 0.6 is 0 Å². The number of methoxy groups -OCH3 is 1. The Bertz CT molecular complexity index is 1000. The Kier molecular flexibility index (Phi) is 8.02. The van der Waals surface area contributed by atoms with Gasteiger partial charge in [-0.2, -0.15) is 5.10 Å². The van der Waals surface area contributed by atoms with Gasteiger partial charge in [0.05, 0.1) is 35.3 Å². The number of hydrogen-bond donors (Lipinski definition) is 1. The summed E-state index contributed by atoms with van der Waals surface area (Å²) in [6.45, 7) is 3.29. The van der Waals surface area contributed by atoms with Crippen molar-refractivity contribution < 1.29 is 28.9 Å². The summed E-state index contributed by atoms with van der Waals surface area (Å²) in [6, 6.07) is 8.55. The molecule has 0 unspecified atom stereocenters. The number of hydrazone groups is 1. The standard InChI is InChI=1S/C19H18N4O8/c1-3-8-30-15-6-4-13(5-7-15)11-20-21-18(24)12-31-19-16(23(27)28)9-14(22(25)26)10-17(19)29-2/h3-7,9-11H,1,8,12H2,2H3,(H,21,24)/b20-11-. The molecule has 31 heavy (non-hydrogen) atoms.